The monoisotopic (exact) mass is 394 g/mol. The number of piperidine rings is 1. The molecule has 29 heavy (non-hydrogen) atoms. The van der Waals surface area contributed by atoms with Crippen LogP contribution in [0.3, 0.4) is 0 Å². The van der Waals surface area contributed by atoms with Gasteiger partial charge in [0.1, 0.15) is 0 Å². The Morgan fingerprint density at radius 3 is 2.59 bits per heavy atom. The number of methoxy groups -OCH3 is 3. The first-order chi connectivity index (χ1) is 14.0. The van der Waals surface area contributed by atoms with Crippen molar-refractivity contribution in [1.82, 2.24) is 4.90 Å². The lowest BCUT2D eigenvalue weighted by Gasteiger charge is -2.39. The second-order valence-electron chi connectivity index (χ2n) is 7.57. The fraction of sp³-hybridized carbons (Fsp3) is 0.391. The lowest BCUT2D eigenvalue weighted by molar-refractivity contribution is 0.0600. The van der Waals surface area contributed by atoms with E-state index >= 15 is 0 Å². The number of benzene rings is 2. The molecule has 1 saturated heterocycles. The van der Waals surface area contributed by atoms with Gasteiger partial charge in [-0.15, -0.1) is 0 Å². The number of carbonyl (C=O) groups excluding carboxylic acids is 1. The van der Waals surface area contributed by atoms with Gasteiger partial charge < -0.3 is 19.1 Å². The Bertz CT molecular complexity index is 969. The molecule has 2 aromatic carbocycles. The highest BCUT2D eigenvalue weighted by atomic mass is 16.5. The number of aliphatic imine (C=N–C) groups is 1. The molecule has 0 aliphatic carbocycles. The maximum Gasteiger partial charge on any atom is 0.337 e. The van der Waals surface area contributed by atoms with E-state index in [2.05, 4.69) is 18.0 Å². The van der Waals surface area contributed by atoms with Gasteiger partial charge in [-0.25, -0.2) is 4.79 Å². The molecule has 2 aliphatic rings. The minimum atomic E-state index is -0.354. The second-order valence-corrected chi connectivity index (χ2v) is 7.57. The summed E-state index contributed by atoms with van der Waals surface area (Å²) in [4.78, 5) is 19.5. The molecule has 6 heteroatoms. The molecule has 0 N–H and O–H groups in total. The molecule has 0 amide bonds. The number of ether oxygens (including phenoxy) is 3. The zero-order chi connectivity index (χ0) is 20.5. The summed E-state index contributed by atoms with van der Waals surface area (Å²) >= 11 is 0. The Hall–Kier alpha value is -2.86. The molecule has 0 radical (unpaired) electrons. The van der Waals surface area contributed by atoms with Crippen LogP contribution in [0.25, 0.3) is 0 Å². The lowest BCUT2D eigenvalue weighted by atomic mass is 9.79. The van der Waals surface area contributed by atoms with Gasteiger partial charge in [0.25, 0.3) is 0 Å². The molecule has 0 saturated carbocycles. The normalized spacial score (nSPS) is 20.9. The lowest BCUT2D eigenvalue weighted by Crippen LogP contribution is -2.41. The smallest absolute Gasteiger partial charge is 0.337 e. The summed E-state index contributed by atoms with van der Waals surface area (Å²) in [6, 6.07) is 11.7. The van der Waals surface area contributed by atoms with Crippen LogP contribution in [-0.2, 0) is 4.74 Å². The topological polar surface area (TPSA) is 60.4 Å². The van der Waals surface area contributed by atoms with Gasteiger partial charge in [0.15, 0.2) is 11.5 Å². The molecule has 0 spiro atoms. The summed E-state index contributed by atoms with van der Waals surface area (Å²) < 4.78 is 16.0. The van der Waals surface area contributed by atoms with E-state index in [1.54, 1.807) is 20.3 Å². The molecular weight excluding hydrogens is 368 g/mol. The number of likely N-dealkylation sites (N-methyl/N-ethyl adjacent to an activating group) is 1. The van der Waals surface area contributed by atoms with Crippen molar-refractivity contribution in [2.75, 3.05) is 41.5 Å². The van der Waals surface area contributed by atoms with E-state index in [1.807, 2.05) is 24.3 Å². The molecule has 0 unspecified atom stereocenters. The molecule has 2 atom stereocenters. The number of likely N-dealkylation sites (tertiary alicyclic amines) is 1. The molecule has 152 valence electrons. The third-order valence-electron chi connectivity index (χ3n) is 5.84. The highest BCUT2D eigenvalue weighted by molar-refractivity contribution is 6.15. The van der Waals surface area contributed by atoms with E-state index < -0.39 is 0 Å². The van der Waals surface area contributed by atoms with Crippen LogP contribution in [0.5, 0.6) is 11.5 Å². The summed E-state index contributed by atoms with van der Waals surface area (Å²) in [5.74, 6) is 1.34. The molecule has 1 fully saturated rings. The van der Waals surface area contributed by atoms with Gasteiger partial charge in [-0.1, -0.05) is 12.1 Å². The van der Waals surface area contributed by atoms with Crippen LogP contribution in [0.4, 0.5) is 0 Å². The second kappa shape index (κ2) is 7.87. The first kappa shape index (κ1) is 19.5. The Balaban J connectivity index is 1.88. The van der Waals surface area contributed by atoms with Crippen LogP contribution in [0.2, 0.25) is 0 Å². The predicted molar refractivity (Wildman–Crippen MR) is 112 cm³/mol. The van der Waals surface area contributed by atoms with Crippen molar-refractivity contribution in [2.24, 2.45) is 4.99 Å². The van der Waals surface area contributed by atoms with E-state index in [-0.39, 0.29) is 12.0 Å². The fourth-order valence-corrected chi connectivity index (χ4v) is 4.35. The Morgan fingerprint density at radius 2 is 1.86 bits per heavy atom. The van der Waals surface area contributed by atoms with Crippen LogP contribution in [0.1, 0.15) is 39.4 Å². The van der Waals surface area contributed by atoms with E-state index in [0.717, 1.165) is 42.1 Å². The van der Waals surface area contributed by atoms with Crippen LogP contribution in [0, 0.1) is 0 Å². The summed E-state index contributed by atoms with van der Waals surface area (Å²) in [6.07, 6.45) is 0.995. The third kappa shape index (κ3) is 3.49. The Morgan fingerprint density at radius 1 is 1.10 bits per heavy atom. The van der Waals surface area contributed by atoms with E-state index in [9.17, 15) is 4.79 Å². The number of nitrogens with zero attached hydrogens (tertiary/aromatic N) is 2. The highest BCUT2D eigenvalue weighted by Crippen LogP contribution is 2.42. The number of rotatable bonds is 4. The Kier molecular flexibility index (Phi) is 5.28. The zero-order valence-corrected chi connectivity index (χ0v) is 17.3. The highest BCUT2D eigenvalue weighted by Gasteiger charge is 2.36. The van der Waals surface area contributed by atoms with Crippen LogP contribution in [-0.4, -0.2) is 64.1 Å². The number of fused-ring (bicyclic) bond motifs is 3. The van der Waals surface area contributed by atoms with Crippen molar-refractivity contribution in [3.05, 3.63) is 58.7 Å². The SMILES string of the molecule is COC(=O)c1cccc(C2=N[C@@H]3CCN(C)C[C@@H]3c3cc(OC)c(OC)cc32)c1. The standard InChI is InChI=1S/C23H26N2O4/c1-25-9-8-19-18(13-25)16-11-20(27-2)21(28-3)12-17(16)22(24-19)14-6-5-7-15(10-14)23(26)29-4/h5-7,10-12,18-19H,8-9,13H2,1-4H3/t18-,19-/m1/s1. The first-order valence-corrected chi connectivity index (χ1v) is 9.77. The average Bonchev–Trinajstić information content (AvgIpc) is 2.77. The molecule has 0 aromatic heterocycles. The van der Waals surface area contributed by atoms with Crippen LogP contribution in [0.15, 0.2) is 41.4 Å². The molecule has 2 aliphatic heterocycles. The first-order valence-electron chi connectivity index (χ1n) is 9.77. The van der Waals surface area contributed by atoms with Crippen LogP contribution < -0.4 is 9.47 Å². The van der Waals surface area contributed by atoms with Crippen molar-refractivity contribution in [3.8, 4) is 11.5 Å². The van der Waals surface area contributed by atoms with Gasteiger partial charge in [0.2, 0.25) is 0 Å². The van der Waals surface area contributed by atoms with Gasteiger partial charge in [-0.2, -0.15) is 0 Å². The minimum Gasteiger partial charge on any atom is -0.493 e. The van der Waals surface area contributed by atoms with Gasteiger partial charge in [0, 0.05) is 23.6 Å². The van der Waals surface area contributed by atoms with Crippen molar-refractivity contribution < 1.29 is 19.0 Å². The van der Waals surface area contributed by atoms with E-state index in [4.69, 9.17) is 19.2 Å². The summed E-state index contributed by atoms with van der Waals surface area (Å²) in [7, 11) is 6.84. The fourth-order valence-electron chi connectivity index (χ4n) is 4.35. The van der Waals surface area contributed by atoms with Crippen molar-refractivity contribution in [2.45, 2.75) is 18.4 Å². The van der Waals surface area contributed by atoms with Gasteiger partial charge in [-0.3, -0.25) is 4.99 Å². The van der Waals surface area contributed by atoms with Gasteiger partial charge >= 0.3 is 5.97 Å². The molecular formula is C23H26N2O4. The van der Waals surface area contributed by atoms with E-state index in [1.165, 1.54) is 12.7 Å². The van der Waals surface area contributed by atoms with Crippen molar-refractivity contribution in [3.63, 3.8) is 0 Å². The van der Waals surface area contributed by atoms with Crippen LogP contribution >= 0.6 is 0 Å². The average molecular weight is 394 g/mol. The number of hydrogen-bond acceptors (Lipinski definition) is 6. The largest absolute Gasteiger partial charge is 0.493 e. The minimum absolute atomic E-state index is 0.202. The number of carbonyl (C=O) groups is 1. The predicted octanol–water partition coefficient (Wildman–Crippen LogP) is 3.13. The number of esters is 1. The van der Waals surface area contributed by atoms with Crippen molar-refractivity contribution >= 4 is 11.7 Å². The van der Waals surface area contributed by atoms with Gasteiger partial charge in [-0.05, 0) is 49.8 Å². The van der Waals surface area contributed by atoms with E-state index in [0.29, 0.717) is 17.2 Å². The summed E-state index contributed by atoms with van der Waals surface area (Å²) in [5, 5.41) is 0. The maximum atomic E-state index is 12.0. The molecule has 2 heterocycles. The summed E-state index contributed by atoms with van der Waals surface area (Å²) in [5.41, 5.74) is 4.55. The zero-order valence-electron chi connectivity index (χ0n) is 17.3. The molecule has 2 aromatic rings. The van der Waals surface area contributed by atoms with Gasteiger partial charge in [0.05, 0.1) is 38.6 Å². The van der Waals surface area contributed by atoms with Crippen molar-refractivity contribution in [1.29, 1.82) is 0 Å². The molecule has 0 bridgehead atoms. The third-order valence-corrected chi connectivity index (χ3v) is 5.84. The molecule has 6 nitrogen and oxygen atoms in total. The quantitative estimate of drug-likeness (QED) is 0.746. The number of hydrogen-bond donors (Lipinski definition) is 0. The Labute approximate surface area is 171 Å². The molecule has 4 rings (SSSR count). The maximum absolute atomic E-state index is 12.0. The summed E-state index contributed by atoms with van der Waals surface area (Å²) in [6.45, 7) is 1.97.